The minimum absolute atomic E-state index is 0.948. The fourth-order valence-electron chi connectivity index (χ4n) is 1.43. The molecule has 16 heavy (non-hydrogen) atoms. The Morgan fingerprint density at radius 1 is 1.12 bits per heavy atom. The number of H-pyrrole nitrogens is 1. The number of hydrogen-bond acceptors (Lipinski definition) is 4. The minimum Gasteiger partial charge on any atom is -0.343 e. The van der Waals surface area contributed by atoms with Gasteiger partial charge in [0.1, 0.15) is 5.01 Å². The second-order valence-electron chi connectivity index (χ2n) is 3.24. The SMILES string of the molecule is c1cc(-c2csc(-c3cnc[nH]3)n2)ccn1. The normalized spacial score (nSPS) is 10.5. The summed E-state index contributed by atoms with van der Waals surface area (Å²) >= 11 is 1.60. The van der Waals surface area contributed by atoms with Crippen molar-refractivity contribution in [1.82, 2.24) is 19.9 Å². The summed E-state index contributed by atoms with van der Waals surface area (Å²) in [6.07, 6.45) is 6.97. The number of hydrogen-bond donors (Lipinski definition) is 1. The first-order chi connectivity index (χ1) is 7.93. The van der Waals surface area contributed by atoms with Gasteiger partial charge in [-0.3, -0.25) is 4.98 Å². The third-order valence-corrected chi connectivity index (χ3v) is 3.08. The van der Waals surface area contributed by atoms with E-state index >= 15 is 0 Å². The average molecular weight is 228 g/mol. The fraction of sp³-hybridized carbons (Fsp3) is 0. The average Bonchev–Trinajstić information content (AvgIpc) is 3.01. The van der Waals surface area contributed by atoms with Crippen molar-refractivity contribution in [2.75, 3.05) is 0 Å². The van der Waals surface area contributed by atoms with Crippen molar-refractivity contribution in [3.05, 3.63) is 42.4 Å². The van der Waals surface area contributed by atoms with Gasteiger partial charge in [-0.2, -0.15) is 0 Å². The van der Waals surface area contributed by atoms with Crippen LogP contribution in [0.5, 0.6) is 0 Å². The molecular weight excluding hydrogens is 220 g/mol. The Morgan fingerprint density at radius 3 is 2.75 bits per heavy atom. The van der Waals surface area contributed by atoms with Gasteiger partial charge in [-0.15, -0.1) is 11.3 Å². The first kappa shape index (κ1) is 9.23. The van der Waals surface area contributed by atoms with E-state index in [2.05, 4.69) is 19.9 Å². The van der Waals surface area contributed by atoms with Crippen molar-refractivity contribution in [3.63, 3.8) is 0 Å². The van der Waals surface area contributed by atoms with Crippen molar-refractivity contribution in [2.45, 2.75) is 0 Å². The first-order valence-electron chi connectivity index (χ1n) is 4.78. The van der Waals surface area contributed by atoms with Crippen LogP contribution in [-0.4, -0.2) is 19.9 Å². The van der Waals surface area contributed by atoms with Gasteiger partial charge in [-0.1, -0.05) is 0 Å². The molecule has 3 aromatic rings. The van der Waals surface area contributed by atoms with Crippen molar-refractivity contribution in [3.8, 4) is 22.0 Å². The summed E-state index contributed by atoms with van der Waals surface area (Å²) in [6.45, 7) is 0. The topological polar surface area (TPSA) is 54.5 Å². The summed E-state index contributed by atoms with van der Waals surface area (Å²) in [5.74, 6) is 0. The van der Waals surface area contributed by atoms with Crippen LogP contribution < -0.4 is 0 Å². The highest BCUT2D eigenvalue weighted by Gasteiger charge is 2.06. The van der Waals surface area contributed by atoms with E-state index in [0.717, 1.165) is 22.0 Å². The number of aromatic nitrogens is 4. The smallest absolute Gasteiger partial charge is 0.141 e. The Balaban J connectivity index is 2.00. The lowest BCUT2D eigenvalue weighted by atomic mass is 10.2. The monoisotopic (exact) mass is 228 g/mol. The second-order valence-corrected chi connectivity index (χ2v) is 4.10. The number of pyridine rings is 1. The molecule has 0 bridgehead atoms. The molecule has 0 spiro atoms. The first-order valence-corrected chi connectivity index (χ1v) is 5.66. The van der Waals surface area contributed by atoms with Gasteiger partial charge in [-0.25, -0.2) is 9.97 Å². The maximum atomic E-state index is 4.54. The van der Waals surface area contributed by atoms with Gasteiger partial charge in [0.2, 0.25) is 0 Å². The molecule has 0 amide bonds. The van der Waals surface area contributed by atoms with Crippen molar-refractivity contribution in [1.29, 1.82) is 0 Å². The third-order valence-electron chi connectivity index (χ3n) is 2.21. The van der Waals surface area contributed by atoms with Crippen LogP contribution in [0.3, 0.4) is 0 Å². The van der Waals surface area contributed by atoms with E-state index < -0.39 is 0 Å². The molecule has 0 saturated heterocycles. The van der Waals surface area contributed by atoms with E-state index in [-0.39, 0.29) is 0 Å². The van der Waals surface area contributed by atoms with Gasteiger partial charge < -0.3 is 4.98 Å². The Labute approximate surface area is 96.1 Å². The van der Waals surface area contributed by atoms with E-state index in [1.54, 1.807) is 36.3 Å². The highest BCUT2D eigenvalue weighted by atomic mass is 32.1. The molecule has 0 radical (unpaired) electrons. The summed E-state index contributed by atoms with van der Waals surface area (Å²) in [4.78, 5) is 15.6. The Morgan fingerprint density at radius 2 is 2.00 bits per heavy atom. The van der Waals surface area contributed by atoms with Crippen molar-refractivity contribution >= 4 is 11.3 Å². The molecule has 0 aliphatic rings. The van der Waals surface area contributed by atoms with Gasteiger partial charge in [0.25, 0.3) is 0 Å². The maximum Gasteiger partial charge on any atom is 0.141 e. The maximum absolute atomic E-state index is 4.54. The lowest BCUT2D eigenvalue weighted by molar-refractivity contribution is 1.29. The van der Waals surface area contributed by atoms with Crippen LogP contribution in [0.25, 0.3) is 22.0 Å². The van der Waals surface area contributed by atoms with Crippen LogP contribution in [0.15, 0.2) is 42.4 Å². The molecule has 3 heterocycles. The molecule has 1 N–H and O–H groups in total. The number of nitrogens with zero attached hydrogens (tertiary/aromatic N) is 3. The fourth-order valence-corrected chi connectivity index (χ4v) is 2.23. The largest absolute Gasteiger partial charge is 0.343 e. The molecule has 0 aliphatic carbocycles. The summed E-state index contributed by atoms with van der Waals surface area (Å²) in [5.41, 5.74) is 3.00. The Kier molecular flexibility index (Phi) is 2.23. The number of imidazole rings is 1. The van der Waals surface area contributed by atoms with E-state index in [9.17, 15) is 0 Å². The molecule has 0 saturated carbocycles. The molecule has 0 aromatic carbocycles. The zero-order valence-electron chi connectivity index (χ0n) is 8.29. The molecule has 0 atom stereocenters. The molecule has 3 rings (SSSR count). The summed E-state index contributed by atoms with van der Waals surface area (Å²) in [5, 5.41) is 2.98. The van der Waals surface area contributed by atoms with Gasteiger partial charge in [0.05, 0.1) is 23.9 Å². The molecule has 3 aromatic heterocycles. The number of nitrogens with one attached hydrogen (secondary N) is 1. The number of rotatable bonds is 2. The van der Waals surface area contributed by atoms with E-state index in [1.807, 2.05) is 17.5 Å². The molecule has 5 heteroatoms. The molecule has 0 aliphatic heterocycles. The second kappa shape index (κ2) is 3.86. The molecule has 78 valence electrons. The molecular formula is C11H8N4S. The van der Waals surface area contributed by atoms with Crippen molar-refractivity contribution < 1.29 is 0 Å². The van der Waals surface area contributed by atoms with Crippen LogP contribution in [0.1, 0.15) is 0 Å². The summed E-state index contributed by atoms with van der Waals surface area (Å²) in [7, 11) is 0. The van der Waals surface area contributed by atoms with Crippen LogP contribution in [0.4, 0.5) is 0 Å². The molecule has 4 nitrogen and oxygen atoms in total. The van der Waals surface area contributed by atoms with Crippen LogP contribution in [0.2, 0.25) is 0 Å². The van der Waals surface area contributed by atoms with Crippen LogP contribution in [0, 0.1) is 0 Å². The number of aromatic amines is 1. The zero-order valence-corrected chi connectivity index (χ0v) is 9.11. The Hall–Kier alpha value is -2.01. The quantitative estimate of drug-likeness (QED) is 0.733. The lowest BCUT2D eigenvalue weighted by Gasteiger charge is -1.93. The third kappa shape index (κ3) is 1.61. The van der Waals surface area contributed by atoms with E-state index in [0.29, 0.717) is 0 Å². The highest BCUT2D eigenvalue weighted by molar-refractivity contribution is 7.13. The van der Waals surface area contributed by atoms with Crippen LogP contribution >= 0.6 is 11.3 Å². The standard InChI is InChI=1S/C11H8N4S/c1-3-12-4-2-8(1)10-6-16-11(15-10)9-5-13-7-14-9/h1-7H,(H,13,14). The van der Waals surface area contributed by atoms with Gasteiger partial charge in [0.15, 0.2) is 0 Å². The predicted octanol–water partition coefficient (Wildman–Crippen LogP) is 2.60. The summed E-state index contributed by atoms with van der Waals surface area (Å²) in [6, 6.07) is 3.90. The van der Waals surface area contributed by atoms with E-state index in [4.69, 9.17) is 0 Å². The van der Waals surface area contributed by atoms with Gasteiger partial charge in [-0.05, 0) is 12.1 Å². The molecule has 0 fully saturated rings. The summed E-state index contributed by atoms with van der Waals surface area (Å²) < 4.78 is 0. The Bertz CT molecular complexity index is 571. The highest BCUT2D eigenvalue weighted by Crippen LogP contribution is 2.26. The van der Waals surface area contributed by atoms with E-state index in [1.165, 1.54) is 0 Å². The predicted molar refractivity (Wildman–Crippen MR) is 62.9 cm³/mol. The van der Waals surface area contributed by atoms with Gasteiger partial charge in [0, 0.05) is 23.3 Å². The lowest BCUT2D eigenvalue weighted by Crippen LogP contribution is -1.79. The molecule has 0 unspecified atom stereocenters. The van der Waals surface area contributed by atoms with Crippen LogP contribution in [-0.2, 0) is 0 Å². The minimum atomic E-state index is 0.948. The van der Waals surface area contributed by atoms with Crippen molar-refractivity contribution in [2.24, 2.45) is 0 Å². The number of thiazole rings is 1. The van der Waals surface area contributed by atoms with Gasteiger partial charge >= 0.3 is 0 Å². The zero-order chi connectivity index (χ0) is 10.8.